The van der Waals surface area contributed by atoms with Crippen LogP contribution < -0.4 is 5.30 Å². The number of aliphatic hydroxyl groups is 1. The van der Waals surface area contributed by atoms with E-state index in [9.17, 15) is 35.7 Å². The van der Waals surface area contributed by atoms with Crippen molar-refractivity contribution in [3.05, 3.63) is 66.4 Å². The maximum atomic E-state index is 14.9. The van der Waals surface area contributed by atoms with Crippen LogP contribution in [0.25, 0.3) is 11.1 Å². The Hall–Kier alpha value is -0.956. The van der Waals surface area contributed by atoms with E-state index in [2.05, 4.69) is 54.6 Å². The van der Waals surface area contributed by atoms with Gasteiger partial charge in [0.25, 0.3) is 5.78 Å². The first kappa shape index (κ1) is 35.2. The molecule has 11 heteroatoms. The molecule has 1 radical (unpaired) electrons. The topological polar surface area (TPSA) is 54.4 Å². The summed E-state index contributed by atoms with van der Waals surface area (Å²) in [6.45, 7) is 0. The summed E-state index contributed by atoms with van der Waals surface area (Å²) in [5.74, 6) is -5.34. The molecule has 0 saturated heterocycles. The molecule has 3 nitrogen and oxygen atoms in total. The van der Waals surface area contributed by atoms with Crippen LogP contribution >= 0.6 is 7.14 Å². The SMILES string of the molecule is O=C(/C=C(\O)C(F)(F)F)C(F)(F)F.O=P(c1ccccc1-c1ccccc1)(C1CCCCC1)C1CCCCC1.[Eu]. The molecule has 2 aliphatic carbocycles. The van der Waals surface area contributed by atoms with Crippen LogP contribution in [-0.4, -0.2) is 34.6 Å². The van der Waals surface area contributed by atoms with Crippen molar-refractivity contribution in [2.75, 3.05) is 0 Å². The van der Waals surface area contributed by atoms with Gasteiger partial charge in [0.05, 0.1) is 0 Å². The van der Waals surface area contributed by atoms with Gasteiger partial charge in [0, 0.05) is 72.1 Å². The maximum absolute atomic E-state index is 14.9. The Bertz CT molecular complexity index is 1150. The molecule has 0 amide bonds. The number of aliphatic hydroxyl groups excluding tert-OH is 1. The zero-order chi connectivity index (χ0) is 28.7. The van der Waals surface area contributed by atoms with Gasteiger partial charge in [-0.3, -0.25) is 4.79 Å². The Morgan fingerprint density at radius 2 is 1.18 bits per heavy atom. The molecule has 0 atom stereocenters. The van der Waals surface area contributed by atoms with Crippen LogP contribution in [0.4, 0.5) is 26.3 Å². The molecular formula is C29H33EuF6O3P. The van der Waals surface area contributed by atoms with Gasteiger partial charge in [-0.05, 0) is 36.8 Å². The molecule has 0 bridgehead atoms. The molecule has 0 heterocycles. The maximum Gasteiger partial charge on any atom is 0.454 e. The van der Waals surface area contributed by atoms with Crippen LogP contribution in [0.5, 0.6) is 0 Å². The molecular weight excluding hydrogens is 693 g/mol. The van der Waals surface area contributed by atoms with Gasteiger partial charge in [0.2, 0.25) is 5.76 Å². The van der Waals surface area contributed by atoms with Gasteiger partial charge in [-0.2, -0.15) is 26.3 Å². The van der Waals surface area contributed by atoms with Gasteiger partial charge >= 0.3 is 12.4 Å². The molecule has 2 aromatic rings. The van der Waals surface area contributed by atoms with Crippen LogP contribution in [-0.2, 0) is 9.36 Å². The van der Waals surface area contributed by atoms with E-state index in [0.717, 1.165) is 25.7 Å². The fourth-order valence-electron chi connectivity index (χ4n) is 5.55. The Labute approximate surface area is 271 Å². The summed E-state index contributed by atoms with van der Waals surface area (Å²) < 4.78 is 83.0. The van der Waals surface area contributed by atoms with Crippen molar-refractivity contribution >= 4 is 18.2 Å². The van der Waals surface area contributed by atoms with E-state index in [1.54, 1.807) is 0 Å². The summed E-state index contributed by atoms with van der Waals surface area (Å²) in [5.41, 5.74) is 3.25. The third-order valence-corrected chi connectivity index (χ3v) is 11.8. The molecule has 0 spiro atoms. The summed E-state index contributed by atoms with van der Waals surface area (Å²) in [7, 11) is -2.43. The molecule has 0 unspecified atom stereocenters. The molecule has 0 aliphatic heterocycles. The number of allylic oxidation sites excluding steroid dienone is 2. The Morgan fingerprint density at radius 1 is 0.725 bits per heavy atom. The zero-order valence-corrected chi connectivity index (χ0v) is 25.2. The average Bonchev–Trinajstić information content (AvgIpc) is 2.93. The number of hydrogen-bond donors (Lipinski definition) is 1. The minimum absolute atomic E-state index is 0. The monoisotopic (exact) mass is 727 g/mol. The fraction of sp³-hybridized carbons (Fsp3) is 0.483. The number of benzene rings is 2. The first-order valence-electron chi connectivity index (χ1n) is 13.2. The third kappa shape index (κ3) is 9.27. The Kier molecular flexibility index (Phi) is 13.7. The summed E-state index contributed by atoms with van der Waals surface area (Å²) in [6.07, 6.45) is 0.651. The standard InChI is InChI=1S/C24H31OP.C5H2F6O2.Eu/c25-26(21-14-6-2-7-15-21,22-16-8-3-9-17-22)24-19-11-10-18-23(24)20-12-4-1-5-13-20;6-4(7,8)2(12)1-3(13)5(9,10)11;/h1,4-5,10-13,18-19,21-22H,2-3,6-9,14-17H2;1,12H;/b;2-1-;. The first-order valence-corrected chi connectivity index (χ1v) is 15.0. The predicted octanol–water partition coefficient (Wildman–Crippen LogP) is 9.13. The van der Waals surface area contributed by atoms with Crippen molar-refractivity contribution in [2.24, 2.45) is 0 Å². The minimum Gasteiger partial charge on any atom is -0.504 e. The molecule has 221 valence electrons. The van der Waals surface area contributed by atoms with Gasteiger partial charge in [-0.25, -0.2) is 0 Å². The van der Waals surface area contributed by atoms with E-state index in [1.807, 2.05) is 0 Å². The van der Waals surface area contributed by atoms with E-state index < -0.39 is 37.1 Å². The fourth-order valence-corrected chi connectivity index (χ4v) is 10.1. The number of ketones is 1. The van der Waals surface area contributed by atoms with Gasteiger partial charge in [0.15, 0.2) is 0 Å². The quantitative estimate of drug-likeness (QED) is 0.145. The molecule has 1 N–H and O–H groups in total. The zero-order valence-electron chi connectivity index (χ0n) is 21.9. The van der Waals surface area contributed by atoms with E-state index in [0.29, 0.717) is 11.3 Å². The number of carbonyl (C=O) groups is 1. The normalized spacial score (nSPS) is 17.8. The second-order valence-electron chi connectivity index (χ2n) is 10.1. The predicted molar refractivity (Wildman–Crippen MR) is 141 cm³/mol. The van der Waals surface area contributed by atoms with Crippen molar-refractivity contribution < 1.29 is 90.2 Å². The number of rotatable bonds is 5. The van der Waals surface area contributed by atoms with E-state index in [-0.39, 0.29) is 49.4 Å². The Morgan fingerprint density at radius 3 is 1.62 bits per heavy atom. The molecule has 2 saturated carbocycles. The summed E-state index contributed by atoms with van der Waals surface area (Å²) in [5, 5.41) is 9.12. The van der Waals surface area contributed by atoms with Crippen LogP contribution in [0.3, 0.4) is 0 Å². The van der Waals surface area contributed by atoms with Crippen molar-refractivity contribution in [2.45, 2.75) is 87.9 Å². The van der Waals surface area contributed by atoms with E-state index in [1.165, 1.54) is 55.0 Å². The van der Waals surface area contributed by atoms with E-state index in [4.69, 9.17) is 5.11 Å². The first-order chi connectivity index (χ1) is 18.3. The second-order valence-corrected chi connectivity index (χ2v) is 13.4. The summed E-state index contributed by atoms with van der Waals surface area (Å²) in [4.78, 5) is 9.86. The number of alkyl halides is 6. The molecule has 2 aromatic carbocycles. The number of hydrogen-bond acceptors (Lipinski definition) is 3. The average molecular weight is 727 g/mol. The number of carbonyl (C=O) groups excluding carboxylic acids is 1. The van der Waals surface area contributed by atoms with Crippen LogP contribution in [0, 0.1) is 49.4 Å². The largest absolute Gasteiger partial charge is 0.504 e. The van der Waals surface area contributed by atoms with Gasteiger partial charge in [-0.15, -0.1) is 0 Å². The molecule has 2 fully saturated rings. The number of halogens is 6. The smallest absolute Gasteiger partial charge is 0.454 e. The van der Waals surface area contributed by atoms with Crippen molar-refractivity contribution in [1.82, 2.24) is 0 Å². The van der Waals surface area contributed by atoms with Gasteiger partial charge in [-0.1, -0.05) is 93.1 Å². The summed E-state index contributed by atoms with van der Waals surface area (Å²) in [6, 6.07) is 19.2. The summed E-state index contributed by atoms with van der Waals surface area (Å²) >= 11 is 0. The van der Waals surface area contributed by atoms with E-state index >= 15 is 0 Å². The van der Waals surface area contributed by atoms with Crippen molar-refractivity contribution in [3.63, 3.8) is 0 Å². The van der Waals surface area contributed by atoms with Crippen LogP contribution in [0.2, 0.25) is 0 Å². The molecule has 2 aliphatic rings. The second kappa shape index (κ2) is 15.5. The molecule has 40 heavy (non-hydrogen) atoms. The van der Waals surface area contributed by atoms with Crippen LogP contribution in [0.15, 0.2) is 66.4 Å². The molecule has 0 aromatic heterocycles. The van der Waals surface area contributed by atoms with Crippen molar-refractivity contribution in [1.29, 1.82) is 0 Å². The van der Waals surface area contributed by atoms with Crippen molar-refractivity contribution in [3.8, 4) is 11.1 Å². The van der Waals surface area contributed by atoms with Gasteiger partial charge in [0.1, 0.15) is 7.14 Å². The Balaban J connectivity index is 0.000000344. The van der Waals surface area contributed by atoms with Gasteiger partial charge < -0.3 is 9.67 Å². The molecule has 4 rings (SSSR count). The minimum atomic E-state index is -5.42. The third-order valence-electron chi connectivity index (χ3n) is 7.44. The van der Waals surface area contributed by atoms with Crippen LogP contribution in [0.1, 0.15) is 64.2 Å².